The second kappa shape index (κ2) is 5.41. The third-order valence-corrected chi connectivity index (χ3v) is 4.71. The largest absolute Gasteiger partial charge is 0.479 e. The number of anilines is 1. The molecule has 2 N–H and O–H groups in total. The predicted molar refractivity (Wildman–Crippen MR) is 77.6 cm³/mol. The van der Waals surface area contributed by atoms with Gasteiger partial charge < -0.3 is 10.4 Å². The van der Waals surface area contributed by atoms with Gasteiger partial charge in [-0.05, 0) is 42.5 Å². The van der Waals surface area contributed by atoms with E-state index >= 15 is 0 Å². The summed E-state index contributed by atoms with van der Waals surface area (Å²) < 4.78 is 0. The van der Waals surface area contributed by atoms with E-state index < -0.39 is 11.5 Å². The van der Waals surface area contributed by atoms with Crippen molar-refractivity contribution < 1.29 is 9.90 Å². The number of carboxylic acid groups (broad SMARTS) is 1. The van der Waals surface area contributed by atoms with Crippen LogP contribution in [0.25, 0.3) is 0 Å². The minimum Gasteiger partial charge on any atom is -0.479 e. The van der Waals surface area contributed by atoms with Crippen LogP contribution in [0.15, 0.2) is 24.3 Å². The van der Waals surface area contributed by atoms with Gasteiger partial charge in [-0.2, -0.15) is 0 Å². The van der Waals surface area contributed by atoms with Crippen molar-refractivity contribution in [1.82, 2.24) is 0 Å². The zero-order chi connectivity index (χ0) is 14.0. The summed E-state index contributed by atoms with van der Waals surface area (Å²) in [7, 11) is 0. The number of carboxylic acids is 1. The number of rotatable bonds is 3. The quantitative estimate of drug-likeness (QED) is 0.879. The first-order valence-electron chi connectivity index (χ1n) is 6.73. The molecule has 1 aromatic rings. The zero-order valence-electron chi connectivity index (χ0n) is 11.3. The lowest BCUT2D eigenvalue weighted by Crippen LogP contribution is -2.55. The molecule has 3 atom stereocenters. The van der Waals surface area contributed by atoms with E-state index in [0.717, 1.165) is 18.5 Å². The van der Waals surface area contributed by atoms with E-state index in [4.69, 9.17) is 11.6 Å². The van der Waals surface area contributed by atoms with Crippen LogP contribution in [0.4, 0.5) is 5.69 Å². The molecule has 1 aromatic carbocycles. The van der Waals surface area contributed by atoms with Crippen LogP contribution in [-0.4, -0.2) is 16.6 Å². The van der Waals surface area contributed by atoms with Crippen LogP contribution >= 0.6 is 11.6 Å². The van der Waals surface area contributed by atoms with Crippen LogP contribution in [0.3, 0.4) is 0 Å². The van der Waals surface area contributed by atoms with Crippen molar-refractivity contribution in [3.8, 4) is 0 Å². The highest BCUT2D eigenvalue weighted by Crippen LogP contribution is 2.40. The average Bonchev–Trinajstić information content (AvgIpc) is 2.37. The van der Waals surface area contributed by atoms with E-state index in [1.807, 2.05) is 19.1 Å². The first-order valence-corrected chi connectivity index (χ1v) is 7.10. The Bertz CT molecular complexity index is 460. The normalized spacial score (nSPS) is 30.9. The van der Waals surface area contributed by atoms with Crippen LogP contribution < -0.4 is 5.32 Å². The highest BCUT2D eigenvalue weighted by molar-refractivity contribution is 6.30. The topological polar surface area (TPSA) is 49.3 Å². The highest BCUT2D eigenvalue weighted by Gasteiger charge is 2.47. The Labute approximate surface area is 119 Å². The average molecular weight is 282 g/mol. The molecule has 1 saturated carbocycles. The van der Waals surface area contributed by atoms with Gasteiger partial charge >= 0.3 is 5.97 Å². The Morgan fingerprint density at radius 3 is 2.58 bits per heavy atom. The van der Waals surface area contributed by atoms with Gasteiger partial charge in [0.2, 0.25) is 0 Å². The van der Waals surface area contributed by atoms with Crippen molar-refractivity contribution in [2.75, 3.05) is 5.32 Å². The molecule has 3 unspecified atom stereocenters. The summed E-state index contributed by atoms with van der Waals surface area (Å²) in [6, 6.07) is 7.21. The van der Waals surface area contributed by atoms with E-state index in [1.165, 1.54) is 0 Å². The van der Waals surface area contributed by atoms with Gasteiger partial charge in [0.05, 0.1) is 0 Å². The first-order chi connectivity index (χ1) is 8.95. The standard InChI is InChI=1S/C15H20ClNO2/c1-10-4-3-9-15(11(10)2,14(18)19)17-13-7-5-12(16)6-8-13/h5-8,10-11,17H,3-4,9H2,1-2H3,(H,18,19). The fourth-order valence-corrected chi connectivity index (χ4v) is 3.11. The van der Waals surface area contributed by atoms with Crippen LogP contribution in [0.5, 0.6) is 0 Å². The number of halogens is 1. The molecule has 1 fully saturated rings. The first kappa shape index (κ1) is 14.2. The van der Waals surface area contributed by atoms with Crippen molar-refractivity contribution >= 4 is 23.3 Å². The zero-order valence-corrected chi connectivity index (χ0v) is 12.1. The molecular weight excluding hydrogens is 262 g/mol. The maximum atomic E-state index is 11.8. The van der Waals surface area contributed by atoms with Gasteiger partial charge in [-0.15, -0.1) is 0 Å². The molecule has 0 aromatic heterocycles. The van der Waals surface area contributed by atoms with Crippen molar-refractivity contribution in [2.24, 2.45) is 11.8 Å². The van der Waals surface area contributed by atoms with E-state index in [1.54, 1.807) is 12.1 Å². The summed E-state index contributed by atoms with van der Waals surface area (Å²) in [6.07, 6.45) is 2.70. The third-order valence-electron chi connectivity index (χ3n) is 4.45. The van der Waals surface area contributed by atoms with Gasteiger partial charge in [0.15, 0.2) is 0 Å². The molecule has 19 heavy (non-hydrogen) atoms. The molecule has 0 amide bonds. The second-order valence-electron chi connectivity index (χ2n) is 5.57. The van der Waals surface area contributed by atoms with Gasteiger partial charge in [-0.1, -0.05) is 38.3 Å². The number of aliphatic carboxylic acids is 1. The minimum absolute atomic E-state index is 0.0921. The SMILES string of the molecule is CC1CCCC(Nc2ccc(Cl)cc2)(C(=O)O)C1C. The summed E-state index contributed by atoms with van der Waals surface area (Å²) in [6.45, 7) is 4.16. The van der Waals surface area contributed by atoms with Gasteiger partial charge in [0, 0.05) is 10.7 Å². The van der Waals surface area contributed by atoms with E-state index in [-0.39, 0.29) is 5.92 Å². The monoisotopic (exact) mass is 281 g/mol. The molecule has 0 spiro atoms. The Balaban J connectivity index is 2.29. The maximum Gasteiger partial charge on any atom is 0.329 e. The number of hydrogen-bond donors (Lipinski definition) is 2. The molecular formula is C15H20ClNO2. The molecule has 4 heteroatoms. The summed E-state index contributed by atoms with van der Waals surface area (Å²) in [4.78, 5) is 11.8. The Kier molecular flexibility index (Phi) is 4.04. The maximum absolute atomic E-state index is 11.8. The van der Waals surface area contributed by atoms with Gasteiger partial charge in [0.25, 0.3) is 0 Å². The Morgan fingerprint density at radius 2 is 2.00 bits per heavy atom. The van der Waals surface area contributed by atoms with Gasteiger partial charge in [-0.3, -0.25) is 0 Å². The van der Waals surface area contributed by atoms with Gasteiger partial charge in [0.1, 0.15) is 5.54 Å². The Morgan fingerprint density at radius 1 is 1.37 bits per heavy atom. The van der Waals surface area contributed by atoms with Crippen LogP contribution in [0, 0.1) is 11.8 Å². The van der Waals surface area contributed by atoms with E-state index in [9.17, 15) is 9.90 Å². The fraction of sp³-hybridized carbons (Fsp3) is 0.533. The smallest absolute Gasteiger partial charge is 0.329 e. The summed E-state index contributed by atoms with van der Waals surface area (Å²) in [5, 5.41) is 13.6. The number of hydrogen-bond acceptors (Lipinski definition) is 2. The molecule has 2 rings (SSSR count). The lowest BCUT2D eigenvalue weighted by atomic mass is 9.68. The van der Waals surface area contributed by atoms with Crippen molar-refractivity contribution in [1.29, 1.82) is 0 Å². The molecule has 0 bridgehead atoms. The van der Waals surface area contributed by atoms with Gasteiger partial charge in [-0.25, -0.2) is 4.79 Å². The van der Waals surface area contributed by atoms with Crippen LogP contribution in [0.2, 0.25) is 5.02 Å². The molecule has 0 heterocycles. The number of nitrogens with one attached hydrogen (secondary N) is 1. The summed E-state index contributed by atoms with van der Waals surface area (Å²) in [5.41, 5.74) is -0.0568. The number of carbonyl (C=O) groups is 1. The van der Waals surface area contributed by atoms with Crippen molar-refractivity contribution in [3.05, 3.63) is 29.3 Å². The van der Waals surface area contributed by atoms with E-state index in [2.05, 4.69) is 12.2 Å². The third kappa shape index (κ3) is 2.71. The molecule has 0 saturated heterocycles. The van der Waals surface area contributed by atoms with E-state index in [0.29, 0.717) is 17.4 Å². The Hall–Kier alpha value is -1.22. The van der Waals surface area contributed by atoms with Crippen LogP contribution in [0.1, 0.15) is 33.1 Å². The molecule has 0 aliphatic heterocycles. The molecule has 1 aliphatic rings. The minimum atomic E-state index is -0.870. The molecule has 104 valence electrons. The predicted octanol–water partition coefficient (Wildman–Crippen LogP) is 4.03. The highest BCUT2D eigenvalue weighted by atomic mass is 35.5. The lowest BCUT2D eigenvalue weighted by Gasteiger charge is -2.43. The molecule has 0 radical (unpaired) electrons. The summed E-state index contributed by atoms with van der Waals surface area (Å²) >= 11 is 5.86. The molecule has 3 nitrogen and oxygen atoms in total. The van der Waals surface area contributed by atoms with Crippen molar-refractivity contribution in [2.45, 2.75) is 38.6 Å². The van der Waals surface area contributed by atoms with Crippen molar-refractivity contribution in [3.63, 3.8) is 0 Å². The second-order valence-corrected chi connectivity index (χ2v) is 6.00. The molecule has 1 aliphatic carbocycles. The number of benzene rings is 1. The lowest BCUT2D eigenvalue weighted by molar-refractivity contribution is -0.146. The summed E-state index contributed by atoms with van der Waals surface area (Å²) in [5.74, 6) is -0.263. The van der Waals surface area contributed by atoms with Crippen LogP contribution in [-0.2, 0) is 4.79 Å². The fourth-order valence-electron chi connectivity index (χ4n) is 2.99.